The molecule has 0 aliphatic carbocycles. The first-order valence-corrected chi connectivity index (χ1v) is 7.68. The first-order chi connectivity index (χ1) is 7.69. The summed E-state index contributed by atoms with van der Waals surface area (Å²) in [7, 11) is 0. The highest BCUT2D eigenvalue weighted by molar-refractivity contribution is 9.11. The molecule has 0 radical (unpaired) electrons. The van der Waals surface area contributed by atoms with Crippen LogP contribution in [0.4, 0.5) is 0 Å². The molecule has 3 nitrogen and oxygen atoms in total. The van der Waals surface area contributed by atoms with Crippen molar-refractivity contribution in [3.05, 3.63) is 27.0 Å². The summed E-state index contributed by atoms with van der Waals surface area (Å²) in [5.41, 5.74) is 0. The summed E-state index contributed by atoms with van der Waals surface area (Å²) in [4.78, 5) is 8.70. The monoisotopic (exact) mass is 379 g/mol. The maximum Gasteiger partial charge on any atom is 0.176 e. The highest BCUT2D eigenvalue weighted by atomic mass is 79.9. The van der Waals surface area contributed by atoms with Crippen LogP contribution in [-0.4, -0.2) is 14.3 Å². The van der Waals surface area contributed by atoms with E-state index in [0.717, 1.165) is 30.6 Å². The van der Waals surface area contributed by atoms with Crippen molar-refractivity contribution in [2.45, 2.75) is 22.7 Å². The largest absolute Gasteiger partial charge is 0.247 e. The Hall–Kier alpha value is 0.0200. The minimum absolute atomic E-state index is 0.867. The number of hydrogen-bond acceptors (Lipinski definition) is 5. The number of aromatic nitrogens is 3. The van der Waals surface area contributed by atoms with E-state index in [-0.39, 0.29) is 0 Å². The zero-order chi connectivity index (χ0) is 11.5. The lowest BCUT2D eigenvalue weighted by molar-refractivity contribution is 0.969. The van der Waals surface area contributed by atoms with Crippen LogP contribution in [-0.2, 0) is 6.42 Å². The second-order valence-electron chi connectivity index (χ2n) is 2.87. The van der Waals surface area contributed by atoms with Crippen LogP contribution >= 0.6 is 55.2 Å². The number of halogens is 2. The van der Waals surface area contributed by atoms with Gasteiger partial charge in [0, 0.05) is 17.1 Å². The Bertz CT molecular complexity index is 501. The van der Waals surface area contributed by atoms with Gasteiger partial charge in [0.1, 0.15) is 10.9 Å². The lowest BCUT2D eigenvalue weighted by Crippen LogP contribution is -1.83. The Morgan fingerprint density at radius 1 is 1.44 bits per heavy atom. The molecule has 0 atom stereocenters. The second kappa shape index (κ2) is 5.57. The molecule has 0 bridgehead atoms. The Labute approximate surface area is 119 Å². The van der Waals surface area contributed by atoms with Crippen LogP contribution in [0.3, 0.4) is 0 Å². The standard InChI is InChI=1S/C9H7Br2N3S2/c1-2-7-13-9(16-14-7)15-8-6(11)3-5(10)4-12-8/h3-4H,2H2,1H3. The fourth-order valence-electron chi connectivity index (χ4n) is 0.983. The van der Waals surface area contributed by atoms with Crippen LogP contribution in [0.1, 0.15) is 12.7 Å². The predicted octanol–water partition coefficient (Wildman–Crippen LogP) is 4.17. The molecule has 0 aromatic carbocycles. The van der Waals surface area contributed by atoms with Crippen molar-refractivity contribution in [1.82, 2.24) is 14.3 Å². The summed E-state index contributed by atoms with van der Waals surface area (Å²) in [6.07, 6.45) is 2.64. The average Bonchev–Trinajstić information content (AvgIpc) is 2.70. The molecule has 0 spiro atoms. The van der Waals surface area contributed by atoms with Crippen LogP contribution in [0.2, 0.25) is 0 Å². The van der Waals surface area contributed by atoms with Gasteiger partial charge in [-0.2, -0.15) is 4.37 Å². The number of hydrogen-bond donors (Lipinski definition) is 0. The van der Waals surface area contributed by atoms with Gasteiger partial charge in [-0.3, -0.25) is 0 Å². The summed E-state index contributed by atoms with van der Waals surface area (Å²) in [6, 6.07) is 1.97. The molecule has 0 amide bonds. The topological polar surface area (TPSA) is 38.7 Å². The minimum atomic E-state index is 0.867. The molecule has 0 aliphatic heterocycles. The Kier molecular flexibility index (Phi) is 4.34. The molecule has 2 aromatic heterocycles. The second-order valence-corrected chi connectivity index (χ2v) is 6.63. The highest BCUT2D eigenvalue weighted by Gasteiger charge is 2.08. The van der Waals surface area contributed by atoms with Crippen LogP contribution < -0.4 is 0 Å². The van der Waals surface area contributed by atoms with Crippen molar-refractivity contribution < 1.29 is 0 Å². The molecule has 2 heterocycles. The molecule has 84 valence electrons. The van der Waals surface area contributed by atoms with Gasteiger partial charge in [0.25, 0.3) is 0 Å². The highest BCUT2D eigenvalue weighted by Crippen LogP contribution is 2.33. The summed E-state index contributed by atoms with van der Waals surface area (Å²) in [5.74, 6) is 0.890. The molecule has 0 aliphatic rings. The summed E-state index contributed by atoms with van der Waals surface area (Å²) in [6.45, 7) is 2.05. The van der Waals surface area contributed by atoms with E-state index in [9.17, 15) is 0 Å². The van der Waals surface area contributed by atoms with Gasteiger partial charge in [0.05, 0.1) is 4.47 Å². The van der Waals surface area contributed by atoms with E-state index in [0.29, 0.717) is 0 Å². The summed E-state index contributed by atoms with van der Waals surface area (Å²) >= 11 is 9.78. The summed E-state index contributed by atoms with van der Waals surface area (Å²) in [5, 5.41) is 0.905. The zero-order valence-electron chi connectivity index (χ0n) is 8.28. The molecule has 0 N–H and O–H groups in total. The maximum atomic E-state index is 4.39. The van der Waals surface area contributed by atoms with Crippen molar-refractivity contribution in [1.29, 1.82) is 0 Å². The number of aryl methyl sites for hydroxylation is 1. The van der Waals surface area contributed by atoms with Crippen molar-refractivity contribution in [2.24, 2.45) is 0 Å². The number of rotatable bonds is 3. The Morgan fingerprint density at radius 3 is 2.88 bits per heavy atom. The van der Waals surface area contributed by atoms with E-state index in [1.165, 1.54) is 23.3 Å². The van der Waals surface area contributed by atoms with Crippen molar-refractivity contribution in [3.8, 4) is 0 Å². The average molecular weight is 381 g/mol. The molecule has 16 heavy (non-hydrogen) atoms. The Balaban J connectivity index is 2.20. The number of pyridine rings is 1. The van der Waals surface area contributed by atoms with E-state index in [4.69, 9.17) is 0 Å². The van der Waals surface area contributed by atoms with E-state index >= 15 is 0 Å². The lowest BCUT2D eigenvalue weighted by atomic mass is 10.5. The zero-order valence-corrected chi connectivity index (χ0v) is 13.1. The van der Waals surface area contributed by atoms with Gasteiger partial charge >= 0.3 is 0 Å². The smallest absolute Gasteiger partial charge is 0.176 e. The van der Waals surface area contributed by atoms with Gasteiger partial charge in [-0.05, 0) is 61.2 Å². The lowest BCUT2D eigenvalue weighted by Gasteiger charge is -1.99. The number of nitrogens with zero attached hydrogens (tertiary/aromatic N) is 3. The van der Waals surface area contributed by atoms with Crippen molar-refractivity contribution in [3.63, 3.8) is 0 Å². The molecule has 2 rings (SSSR count). The Morgan fingerprint density at radius 2 is 2.25 bits per heavy atom. The third kappa shape index (κ3) is 3.03. The van der Waals surface area contributed by atoms with Gasteiger partial charge in [-0.15, -0.1) is 0 Å². The minimum Gasteiger partial charge on any atom is -0.247 e. The van der Waals surface area contributed by atoms with Crippen LogP contribution in [0.15, 0.2) is 30.6 Å². The van der Waals surface area contributed by atoms with E-state index in [1.54, 1.807) is 6.20 Å². The molecule has 2 aromatic rings. The molecule has 0 saturated carbocycles. The van der Waals surface area contributed by atoms with Crippen LogP contribution in [0.5, 0.6) is 0 Å². The van der Waals surface area contributed by atoms with Gasteiger partial charge in [-0.25, -0.2) is 9.97 Å². The normalized spacial score (nSPS) is 10.7. The van der Waals surface area contributed by atoms with E-state index in [2.05, 4.69) is 46.2 Å². The molecular weight excluding hydrogens is 374 g/mol. The fraction of sp³-hybridized carbons (Fsp3) is 0.222. The summed E-state index contributed by atoms with van der Waals surface area (Å²) < 4.78 is 7.07. The maximum absolute atomic E-state index is 4.39. The van der Waals surface area contributed by atoms with Gasteiger partial charge in [0.2, 0.25) is 0 Å². The fourth-order valence-corrected chi connectivity index (χ4v) is 3.79. The molecule has 0 unspecified atom stereocenters. The third-order valence-electron chi connectivity index (χ3n) is 1.72. The van der Waals surface area contributed by atoms with Gasteiger partial charge in [-0.1, -0.05) is 6.92 Å². The van der Waals surface area contributed by atoms with Crippen molar-refractivity contribution in [2.75, 3.05) is 0 Å². The molecule has 0 fully saturated rings. The SMILES string of the molecule is CCc1nsc(Sc2ncc(Br)cc2Br)n1. The van der Waals surface area contributed by atoms with E-state index in [1.807, 2.05) is 13.0 Å². The molecular formula is C9H7Br2N3S2. The molecule has 0 saturated heterocycles. The quantitative estimate of drug-likeness (QED) is 0.800. The first-order valence-electron chi connectivity index (χ1n) is 4.50. The molecule has 7 heteroatoms. The van der Waals surface area contributed by atoms with Crippen LogP contribution in [0.25, 0.3) is 0 Å². The van der Waals surface area contributed by atoms with E-state index < -0.39 is 0 Å². The van der Waals surface area contributed by atoms with Gasteiger partial charge < -0.3 is 0 Å². The van der Waals surface area contributed by atoms with Crippen molar-refractivity contribution >= 4 is 55.2 Å². The third-order valence-corrected chi connectivity index (χ3v) is 4.83. The van der Waals surface area contributed by atoms with Crippen LogP contribution in [0, 0.1) is 0 Å². The predicted molar refractivity (Wildman–Crippen MR) is 73.0 cm³/mol. The van der Waals surface area contributed by atoms with Gasteiger partial charge in [0.15, 0.2) is 4.34 Å². The first kappa shape index (κ1) is 12.5.